The largest absolute Gasteiger partial charge is 0.415 e. The first-order chi connectivity index (χ1) is 12.5. The van der Waals surface area contributed by atoms with E-state index in [0.29, 0.717) is 0 Å². The van der Waals surface area contributed by atoms with E-state index in [1.165, 1.54) is 35.2 Å². The first-order valence-corrected chi connectivity index (χ1v) is 10.1. The Hall–Kier alpha value is -2.03. The molecule has 0 spiro atoms. The molecule has 2 unspecified atom stereocenters. The van der Waals surface area contributed by atoms with Gasteiger partial charge in [0, 0.05) is 18.9 Å². The molecule has 1 aromatic carbocycles. The second-order valence-corrected chi connectivity index (χ2v) is 8.23. The van der Waals surface area contributed by atoms with E-state index in [4.69, 9.17) is 4.74 Å². The average molecular weight is 352 g/mol. The first-order valence-electron chi connectivity index (χ1n) is 10.1. The molecule has 3 aliphatic rings. The maximum Gasteiger partial charge on any atom is 0.358 e. The van der Waals surface area contributed by atoms with Crippen molar-refractivity contribution in [1.29, 1.82) is 0 Å². The Morgan fingerprint density at radius 3 is 2.58 bits per heavy atom. The number of nitrogens with zero attached hydrogens (tertiary/aromatic N) is 2. The smallest absolute Gasteiger partial charge is 0.358 e. The molecule has 0 saturated carbocycles. The maximum absolute atomic E-state index is 5.76. The molecule has 3 heterocycles. The molecule has 3 heteroatoms. The van der Waals surface area contributed by atoms with Gasteiger partial charge in [-0.25, -0.2) is 0 Å². The lowest BCUT2D eigenvalue weighted by atomic mass is 9.62. The molecule has 0 saturated heterocycles. The molecule has 0 N–H and O–H groups in total. The van der Waals surface area contributed by atoms with Crippen molar-refractivity contribution in [3.05, 3.63) is 46.9 Å². The normalized spacial score (nSPS) is 28.3. The topological polar surface area (TPSA) is 15.5 Å². The van der Waals surface area contributed by atoms with Gasteiger partial charge in [-0.15, -0.1) is 5.01 Å². The van der Waals surface area contributed by atoms with E-state index in [2.05, 4.69) is 68.6 Å². The SMILES string of the molecule is CCCCc1ccc2c3c1C=CC1=COC=[N+](N13)C(C)(CC)C2(C)CC. The predicted octanol–water partition coefficient (Wildman–Crippen LogP) is 5.54. The Morgan fingerprint density at radius 1 is 1.08 bits per heavy atom. The molecule has 0 amide bonds. The third-order valence-electron chi connectivity index (χ3n) is 7.23. The fourth-order valence-corrected chi connectivity index (χ4v) is 4.99. The van der Waals surface area contributed by atoms with E-state index in [1.54, 1.807) is 0 Å². The second kappa shape index (κ2) is 6.00. The van der Waals surface area contributed by atoms with Crippen molar-refractivity contribution < 1.29 is 9.42 Å². The van der Waals surface area contributed by atoms with Gasteiger partial charge >= 0.3 is 6.40 Å². The van der Waals surface area contributed by atoms with Crippen LogP contribution in [0.2, 0.25) is 0 Å². The number of hydrogen-bond donors (Lipinski definition) is 0. The van der Waals surface area contributed by atoms with Crippen molar-refractivity contribution in [1.82, 2.24) is 0 Å². The number of ether oxygens (including phenoxy) is 1. The zero-order valence-corrected chi connectivity index (χ0v) is 16.8. The van der Waals surface area contributed by atoms with Gasteiger partial charge in [-0.3, -0.25) is 0 Å². The lowest BCUT2D eigenvalue weighted by molar-refractivity contribution is -0.632. The van der Waals surface area contributed by atoms with E-state index in [9.17, 15) is 0 Å². The highest BCUT2D eigenvalue weighted by Crippen LogP contribution is 2.54. The van der Waals surface area contributed by atoms with E-state index < -0.39 is 0 Å². The minimum atomic E-state index is -0.0400. The summed E-state index contributed by atoms with van der Waals surface area (Å²) in [6.45, 7) is 11.7. The number of aryl methyl sites for hydroxylation is 1. The zero-order chi connectivity index (χ0) is 18.5. The van der Waals surface area contributed by atoms with Crippen LogP contribution >= 0.6 is 0 Å². The summed E-state index contributed by atoms with van der Waals surface area (Å²) in [6.07, 6.45) is 14.0. The monoisotopic (exact) mass is 351 g/mol. The quantitative estimate of drug-likeness (QED) is 0.647. The molecular weight excluding hydrogens is 320 g/mol. The van der Waals surface area contributed by atoms with Crippen LogP contribution in [0.1, 0.15) is 77.0 Å². The van der Waals surface area contributed by atoms with Crippen LogP contribution in [-0.4, -0.2) is 16.6 Å². The van der Waals surface area contributed by atoms with Crippen molar-refractivity contribution in [2.75, 3.05) is 5.01 Å². The molecule has 3 nitrogen and oxygen atoms in total. The number of benzene rings is 1. The van der Waals surface area contributed by atoms with Gasteiger partial charge in [-0.2, -0.15) is 0 Å². The molecule has 0 fully saturated rings. The number of allylic oxidation sites excluding steroid dienone is 1. The summed E-state index contributed by atoms with van der Waals surface area (Å²) < 4.78 is 8.11. The van der Waals surface area contributed by atoms with Gasteiger partial charge in [-0.05, 0) is 49.5 Å². The van der Waals surface area contributed by atoms with E-state index in [0.717, 1.165) is 25.0 Å². The molecule has 0 aliphatic carbocycles. The Kier molecular flexibility index (Phi) is 4.02. The Balaban J connectivity index is 2.03. The summed E-state index contributed by atoms with van der Waals surface area (Å²) in [5.74, 6) is 0. The number of unbranched alkanes of at least 4 members (excludes halogenated alkanes) is 1. The van der Waals surface area contributed by atoms with Crippen molar-refractivity contribution >= 4 is 18.2 Å². The predicted molar refractivity (Wildman–Crippen MR) is 108 cm³/mol. The molecule has 4 rings (SSSR count). The number of hydrazone groups is 1. The highest BCUT2D eigenvalue weighted by Gasteiger charge is 2.61. The van der Waals surface area contributed by atoms with Crippen LogP contribution in [0.25, 0.3) is 6.08 Å². The fraction of sp³-hybridized carbons (Fsp3) is 0.522. The van der Waals surface area contributed by atoms with Crippen LogP contribution in [0.15, 0.2) is 30.2 Å². The lowest BCUT2D eigenvalue weighted by Crippen LogP contribution is -2.65. The summed E-state index contributed by atoms with van der Waals surface area (Å²) in [6, 6.07) is 4.79. The number of anilines is 1. The molecule has 2 atom stereocenters. The average Bonchev–Trinajstić information content (AvgIpc) is 2.69. The maximum atomic E-state index is 5.76. The van der Waals surface area contributed by atoms with Crippen LogP contribution in [0.3, 0.4) is 0 Å². The van der Waals surface area contributed by atoms with Gasteiger partial charge in [-0.1, -0.05) is 44.0 Å². The van der Waals surface area contributed by atoms with Crippen LogP contribution in [0.5, 0.6) is 0 Å². The van der Waals surface area contributed by atoms with Crippen molar-refractivity contribution in [2.24, 2.45) is 0 Å². The van der Waals surface area contributed by atoms with Crippen LogP contribution < -0.4 is 5.01 Å². The van der Waals surface area contributed by atoms with Gasteiger partial charge in [0.1, 0.15) is 17.6 Å². The molecule has 1 aromatic rings. The first kappa shape index (κ1) is 17.4. The Labute approximate surface area is 157 Å². The molecule has 138 valence electrons. The van der Waals surface area contributed by atoms with E-state index >= 15 is 0 Å². The Morgan fingerprint density at radius 2 is 1.88 bits per heavy atom. The van der Waals surface area contributed by atoms with E-state index in [1.807, 2.05) is 12.7 Å². The number of hydrazine groups is 1. The van der Waals surface area contributed by atoms with Crippen molar-refractivity contribution in [3.8, 4) is 0 Å². The summed E-state index contributed by atoms with van der Waals surface area (Å²) in [5.41, 5.74) is 6.83. The van der Waals surface area contributed by atoms with Crippen molar-refractivity contribution in [3.63, 3.8) is 0 Å². The molecule has 26 heavy (non-hydrogen) atoms. The minimum Gasteiger partial charge on any atom is -0.415 e. The minimum absolute atomic E-state index is 0.0400. The number of rotatable bonds is 5. The van der Waals surface area contributed by atoms with Crippen LogP contribution in [0, 0.1) is 0 Å². The van der Waals surface area contributed by atoms with Gasteiger partial charge < -0.3 is 4.74 Å². The molecule has 3 aliphatic heterocycles. The lowest BCUT2D eigenvalue weighted by Gasteiger charge is -2.51. The summed E-state index contributed by atoms with van der Waals surface area (Å²) in [7, 11) is 0. The van der Waals surface area contributed by atoms with Crippen molar-refractivity contribution in [2.45, 2.75) is 77.7 Å². The molecular formula is C23H31N2O+. The molecule has 0 aromatic heterocycles. The summed E-state index contributed by atoms with van der Waals surface area (Å²) >= 11 is 0. The van der Waals surface area contributed by atoms with Gasteiger partial charge in [0.15, 0.2) is 0 Å². The highest BCUT2D eigenvalue weighted by molar-refractivity contribution is 5.82. The third-order valence-corrected chi connectivity index (χ3v) is 7.23. The van der Waals surface area contributed by atoms with Gasteiger partial charge in [0.25, 0.3) is 0 Å². The third kappa shape index (κ3) is 2.03. The summed E-state index contributed by atoms with van der Waals surface area (Å²) in [5, 5.41) is 2.39. The standard InChI is InChI=1S/C23H31N2O/c1-6-9-10-17-11-14-20-21-19(17)13-12-18-15-26-16-24(25(18)21)23(5,8-3)22(20,4)7-2/h11-16H,6-10H2,1-5H3/q+1. The Bertz CT molecular complexity index is 835. The fourth-order valence-electron chi connectivity index (χ4n) is 4.99. The summed E-state index contributed by atoms with van der Waals surface area (Å²) in [4.78, 5) is 0. The second-order valence-electron chi connectivity index (χ2n) is 8.23. The highest BCUT2D eigenvalue weighted by atomic mass is 16.5. The van der Waals surface area contributed by atoms with Gasteiger partial charge in [0.05, 0.1) is 5.41 Å². The van der Waals surface area contributed by atoms with Gasteiger partial charge in [0.2, 0.25) is 5.54 Å². The zero-order valence-electron chi connectivity index (χ0n) is 16.8. The van der Waals surface area contributed by atoms with E-state index in [-0.39, 0.29) is 11.0 Å². The molecule has 0 radical (unpaired) electrons. The number of hydrogen-bond acceptors (Lipinski definition) is 2. The van der Waals surface area contributed by atoms with Crippen LogP contribution in [0.4, 0.5) is 5.69 Å². The van der Waals surface area contributed by atoms with Crippen LogP contribution in [-0.2, 0) is 16.6 Å². The molecule has 0 bridgehead atoms.